The zero-order valence-electron chi connectivity index (χ0n) is 19.7. The van der Waals surface area contributed by atoms with Gasteiger partial charge >= 0.3 is 0 Å². The van der Waals surface area contributed by atoms with Crippen molar-refractivity contribution < 1.29 is 28.8 Å². The van der Waals surface area contributed by atoms with Crippen LogP contribution in [0.25, 0.3) is 5.76 Å². The summed E-state index contributed by atoms with van der Waals surface area (Å²) in [6, 6.07) is 18.5. The number of phenolic OH excluding ortho intramolecular Hbond substituents is 1. The number of halogens is 1. The lowest BCUT2D eigenvalue weighted by Gasteiger charge is -2.32. The molecule has 1 heterocycles. The van der Waals surface area contributed by atoms with Crippen molar-refractivity contribution >= 4 is 21.7 Å². The molecule has 35 heavy (non-hydrogen) atoms. The highest BCUT2D eigenvalue weighted by atomic mass is 79.9. The van der Waals surface area contributed by atoms with Gasteiger partial charge in [0, 0.05) is 27.6 Å². The van der Waals surface area contributed by atoms with Crippen LogP contribution in [0.1, 0.15) is 23.1 Å². The maximum Gasteiger partial charge on any atom is 0.203 e. The van der Waals surface area contributed by atoms with Gasteiger partial charge in [-0.2, -0.15) is 5.26 Å². The van der Waals surface area contributed by atoms with E-state index in [0.29, 0.717) is 45.5 Å². The Hall–Kier alpha value is -3.83. The normalized spacial score (nSPS) is 16.9. The van der Waals surface area contributed by atoms with E-state index >= 15 is 0 Å². The van der Waals surface area contributed by atoms with Crippen LogP contribution in [0.2, 0.25) is 0 Å². The van der Waals surface area contributed by atoms with Gasteiger partial charge in [-0.1, -0.05) is 34.1 Å². The highest BCUT2D eigenvalue weighted by Gasteiger charge is 2.46. The van der Waals surface area contributed by atoms with E-state index in [-0.39, 0.29) is 12.2 Å². The number of benzene rings is 3. The number of nitrogens with zero attached hydrogens (tertiary/aromatic N) is 1. The fourth-order valence-electron chi connectivity index (χ4n) is 4.27. The van der Waals surface area contributed by atoms with E-state index in [1.807, 2.05) is 24.3 Å². The number of ether oxygens (including phenoxy) is 5. The van der Waals surface area contributed by atoms with E-state index < -0.39 is 5.60 Å². The zero-order valence-corrected chi connectivity index (χ0v) is 21.3. The summed E-state index contributed by atoms with van der Waals surface area (Å²) >= 11 is 3.45. The summed E-state index contributed by atoms with van der Waals surface area (Å²) in [5.74, 6) is 2.07. The Morgan fingerprint density at radius 1 is 0.857 bits per heavy atom. The highest BCUT2D eigenvalue weighted by Crippen LogP contribution is 2.53. The van der Waals surface area contributed by atoms with Gasteiger partial charge in [-0.25, -0.2) is 0 Å². The summed E-state index contributed by atoms with van der Waals surface area (Å²) in [6.45, 7) is 0. The summed E-state index contributed by atoms with van der Waals surface area (Å²) in [6.07, 6.45) is 0.222. The average Bonchev–Trinajstić information content (AvgIpc) is 3.29. The van der Waals surface area contributed by atoms with Crippen LogP contribution in [0.4, 0.5) is 0 Å². The van der Waals surface area contributed by atoms with Crippen molar-refractivity contribution in [1.82, 2.24) is 0 Å². The van der Waals surface area contributed by atoms with Gasteiger partial charge in [-0.3, -0.25) is 0 Å². The Labute approximate surface area is 212 Å². The molecule has 8 heteroatoms. The molecular weight excluding hydrogens is 514 g/mol. The van der Waals surface area contributed by atoms with Crippen molar-refractivity contribution in [3.8, 4) is 34.8 Å². The second-order valence-corrected chi connectivity index (χ2v) is 8.75. The Morgan fingerprint density at radius 2 is 1.49 bits per heavy atom. The third-order valence-electron chi connectivity index (χ3n) is 5.99. The number of hydrogen-bond acceptors (Lipinski definition) is 7. The first-order valence-corrected chi connectivity index (χ1v) is 11.5. The summed E-state index contributed by atoms with van der Waals surface area (Å²) in [4.78, 5) is 0. The van der Waals surface area contributed by atoms with E-state index in [4.69, 9.17) is 23.7 Å². The molecule has 0 aromatic heterocycles. The Morgan fingerprint density at radius 3 is 2.00 bits per heavy atom. The SMILES string of the molecule is COc1ccc(C2(c3cc(OC)c(OC)c(OC)c3)CC(C#N)=C(c3ccc(Br)cc3)O2)cc1O. The predicted molar refractivity (Wildman–Crippen MR) is 134 cm³/mol. The molecule has 4 rings (SSSR count). The van der Waals surface area contributed by atoms with Crippen molar-refractivity contribution in [2.24, 2.45) is 0 Å². The van der Waals surface area contributed by atoms with E-state index in [1.165, 1.54) is 28.4 Å². The van der Waals surface area contributed by atoms with Crippen LogP contribution >= 0.6 is 15.9 Å². The Balaban J connectivity index is 1.96. The number of hydrogen-bond donors (Lipinski definition) is 1. The molecule has 1 aliphatic heterocycles. The summed E-state index contributed by atoms with van der Waals surface area (Å²) in [5, 5.41) is 20.7. The van der Waals surface area contributed by atoms with Crippen molar-refractivity contribution in [3.63, 3.8) is 0 Å². The first-order valence-electron chi connectivity index (χ1n) is 10.7. The number of methoxy groups -OCH3 is 4. The predicted octanol–water partition coefficient (Wildman–Crippen LogP) is 5.79. The first kappa shape index (κ1) is 24.3. The first-order chi connectivity index (χ1) is 16.9. The topological polar surface area (TPSA) is 90.2 Å². The number of aromatic hydroxyl groups is 1. The van der Waals surface area contributed by atoms with Crippen LogP contribution in [0.15, 0.2) is 64.6 Å². The van der Waals surface area contributed by atoms with Gasteiger partial charge in [0.15, 0.2) is 28.6 Å². The lowest BCUT2D eigenvalue weighted by atomic mass is 9.82. The molecule has 0 saturated carbocycles. The molecule has 0 radical (unpaired) electrons. The second-order valence-electron chi connectivity index (χ2n) is 7.83. The van der Waals surface area contributed by atoms with Crippen molar-refractivity contribution in [2.45, 2.75) is 12.0 Å². The van der Waals surface area contributed by atoms with Crippen molar-refractivity contribution in [3.05, 3.63) is 81.3 Å². The van der Waals surface area contributed by atoms with Crippen molar-refractivity contribution in [1.29, 1.82) is 5.26 Å². The van der Waals surface area contributed by atoms with Gasteiger partial charge in [-0.05, 0) is 36.4 Å². The lowest BCUT2D eigenvalue weighted by Crippen LogP contribution is -2.27. The zero-order chi connectivity index (χ0) is 25.2. The lowest BCUT2D eigenvalue weighted by molar-refractivity contribution is 0.0995. The minimum atomic E-state index is -1.16. The van der Waals surface area contributed by atoms with Crippen LogP contribution in [-0.4, -0.2) is 33.5 Å². The third kappa shape index (κ3) is 4.24. The van der Waals surface area contributed by atoms with Gasteiger partial charge in [0.2, 0.25) is 5.75 Å². The molecule has 7 nitrogen and oxygen atoms in total. The molecule has 0 bridgehead atoms. The molecule has 3 aromatic rings. The average molecular weight is 538 g/mol. The molecule has 0 spiro atoms. The smallest absolute Gasteiger partial charge is 0.203 e. The molecule has 0 fully saturated rings. The van der Waals surface area contributed by atoms with Crippen LogP contribution in [0.5, 0.6) is 28.7 Å². The van der Waals surface area contributed by atoms with Crippen LogP contribution in [0.3, 0.4) is 0 Å². The largest absolute Gasteiger partial charge is 0.504 e. The molecule has 1 N–H and O–H groups in total. The van der Waals surface area contributed by atoms with E-state index in [1.54, 1.807) is 30.3 Å². The maximum atomic E-state index is 10.6. The molecule has 180 valence electrons. The van der Waals surface area contributed by atoms with Crippen molar-refractivity contribution in [2.75, 3.05) is 28.4 Å². The highest BCUT2D eigenvalue weighted by molar-refractivity contribution is 9.10. The molecule has 0 aliphatic carbocycles. The minimum absolute atomic E-state index is 0.0454. The standard InChI is InChI=1S/C27H24BrNO6/c1-31-22-10-7-18(11-21(22)30)27(19-12-23(32-2)26(34-4)24(13-19)33-3)14-17(15-29)25(35-27)16-5-8-20(28)9-6-16/h5-13,30H,14H2,1-4H3. The third-order valence-corrected chi connectivity index (χ3v) is 6.52. The number of phenols is 1. The van der Waals surface area contributed by atoms with Gasteiger partial charge in [0.25, 0.3) is 0 Å². The molecule has 0 saturated heterocycles. The summed E-state index contributed by atoms with van der Waals surface area (Å²) < 4.78 is 29.5. The summed E-state index contributed by atoms with van der Waals surface area (Å²) in [5.41, 5.74) is 1.36. The van der Waals surface area contributed by atoms with Gasteiger partial charge in [-0.15, -0.1) is 0 Å². The second kappa shape index (κ2) is 9.80. The quantitative estimate of drug-likeness (QED) is 0.408. The summed E-state index contributed by atoms with van der Waals surface area (Å²) in [7, 11) is 6.09. The molecular formula is C27H24BrNO6. The van der Waals surface area contributed by atoms with E-state index in [9.17, 15) is 10.4 Å². The monoisotopic (exact) mass is 537 g/mol. The molecule has 1 unspecified atom stereocenters. The van der Waals surface area contributed by atoms with Crippen LogP contribution in [-0.2, 0) is 10.3 Å². The fourth-order valence-corrected chi connectivity index (χ4v) is 4.53. The Kier molecular flexibility index (Phi) is 6.81. The molecule has 1 aliphatic rings. The van der Waals surface area contributed by atoms with Crippen LogP contribution in [0, 0.1) is 11.3 Å². The van der Waals surface area contributed by atoms with Gasteiger partial charge in [0.05, 0.1) is 40.1 Å². The fraction of sp³-hybridized carbons (Fsp3) is 0.222. The van der Waals surface area contributed by atoms with Gasteiger partial charge < -0.3 is 28.8 Å². The minimum Gasteiger partial charge on any atom is -0.504 e. The molecule has 0 amide bonds. The molecule has 3 aromatic carbocycles. The number of rotatable bonds is 7. The van der Waals surface area contributed by atoms with E-state index in [0.717, 1.165) is 10.0 Å². The Bertz CT molecular complexity index is 1300. The van der Waals surface area contributed by atoms with Gasteiger partial charge in [0.1, 0.15) is 5.76 Å². The maximum absolute atomic E-state index is 10.6. The number of nitriles is 1. The van der Waals surface area contributed by atoms with Crippen LogP contribution < -0.4 is 18.9 Å². The molecule has 1 atom stereocenters. The van der Waals surface area contributed by atoms with E-state index in [2.05, 4.69) is 22.0 Å².